The van der Waals surface area contributed by atoms with Crippen molar-refractivity contribution in [1.29, 1.82) is 0 Å². The van der Waals surface area contributed by atoms with Gasteiger partial charge in [-0.25, -0.2) is 14.8 Å². The van der Waals surface area contributed by atoms with Crippen molar-refractivity contribution in [3.8, 4) is 0 Å². The minimum atomic E-state index is -0.355. The number of aromatic nitrogens is 2. The molecule has 0 saturated carbocycles. The molecule has 0 aliphatic heterocycles. The van der Waals surface area contributed by atoms with E-state index in [1.165, 1.54) is 11.3 Å². The lowest BCUT2D eigenvalue weighted by atomic mass is 10.2. The highest BCUT2D eigenvalue weighted by Gasteiger charge is 2.15. The Bertz CT molecular complexity index is 872. The van der Waals surface area contributed by atoms with Crippen LogP contribution in [0.15, 0.2) is 36.4 Å². The standard InChI is InChI=1S/C17H15N3O2S/c1-2-22-16(21)14-10-12-13(19-17(18)20-15(12)23-14)9-8-11-6-4-3-5-7-11/h3-10H,2H2,1H3,(H2,18,19,20)/b9-8+. The number of rotatable bonds is 4. The van der Waals surface area contributed by atoms with Crippen LogP contribution in [0.5, 0.6) is 0 Å². The maximum atomic E-state index is 11.9. The fraction of sp³-hybridized carbons (Fsp3) is 0.118. The number of hydrogen-bond donors (Lipinski definition) is 1. The zero-order valence-electron chi connectivity index (χ0n) is 12.5. The quantitative estimate of drug-likeness (QED) is 0.741. The molecule has 3 rings (SSSR count). The van der Waals surface area contributed by atoms with Crippen molar-refractivity contribution in [1.82, 2.24) is 9.97 Å². The topological polar surface area (TPSA) is 78.1 Å². The molecule has 0 unspecified atom stereocenters. The van der Waals surface area contributed by atoms with Gasteiger partial charge >= 0.3 is 5.97 Å². The molecule has 0 bridgehead atoms. The van der Waals surface area contributed by atoms with Crippen LogP contribution in [0.4, 0.5) is 5.95 Å². The monoisotopic (exact) mass is 325 g/mol. The smallest absolute Gasteiger partial charge is 0.348 e. The highest BCUT2D eigenvalue weighted by molar-refractivity contribution is 7.20. The second kappa shape index (κ2) is 6.58. The normalized spacial score (nSPS) is 11.2. The van der Waals surface area contributed by atoms with Crippen molar-refractivity contribution in [3.63, 3.8) is 0 Å². The molecule has 0 fully saturated rings. The summed E-state index contributed by atoms with van der Waals surface area (Å²) in [6.45, 7) is 2.11. The SMILES string of the molecule is CCOC(=O)c1cc2c(/C=C/c3ccccc3)nc(N)nc2s1. The predicted molar refractivity (Wildman–Crippen MR) is 93.2 cm³/mol. The molecule has 0 radical (unpaired) electrons. The number of carbonyl (C=O) groups excluding carboxylic acids is 1. The highest BCUT2D eigenvalue weighted by atomic mass is 32.1. The van der Waals surface area contributed by atoms with Crippen LogP contribution in [0.1, 0.15) is 27.9 Å². The number of benzene rings is 1. The maximum absolute atomic E-state index is 11.9. The molecule has 0 aliphatic rings. The van der Waals surface area contributed by atoms with Crippen molar-refractivity contribution < 1.29 is 9.53 Å². The molecule has 2 heterocycles. The molecule has 2 N–H and O–H groups in total. The molecule has 1 aromatic carbocycles. The van der Waals surface area contributed by atoms with Gasteiger partial charge in [0.05, 0.1) is 12.3 Å². The van der Waals surface area contributed by atoms with Crippen LogP contribution in [0, 0.1) is 0 Å². The van der Waals surface area contributed by atoms with Crippen molar-refractivity contribution in [2.45, 2.75) is 6.92 Å². The van der Waals surface area contributed by atoms with E-state index in [0.717, 1.165) is 10.9 Å². The number of nitrogens with two attached hydrogens (primary N) is 1. The predicted octanol–water partition coefficient (Wildman–Crippen LogP) is 3.62. The van der Waals surface area contributed by atoms with Gasteiger partial charge < -0.3 is 10.5 Å². The van der Waals surface area contributed by atoms with Gasteiger partial charge in [-0.2, -0.15) is 0 Å². The average Bonchev–Trinajstić information content (AvgIpc) is 2.98. The first-order valence-corrected chi connectivity index (χ1v) is 7.96. The Morgan fingerprint density at radius 2 is 2.04 bits per heavy atom. The van der Waals surface area contributed by atoms with Crippen molar-refractivity contribution in [3.05, 3.63) is 52.5 Å². The molecule has 3 aromatic rings. The lowest BCUT2D eigenvalue weighted by molar-refractivity contribution is 0.0532. The first-order chi connectivity index (χ1) is 11.2. The van der Waals surface area contributed by atoms with E-state index in [-0.39, 0.29) is 11.9 Å². The minimum Gasteiger partial charge on any atom is -0.462 e. The number of fused-ring (bicyclic) bond motifs is 1. The van der Waals surface area contributed by atoms with Gasteiger partial charge in [-0.1, -0.05) is 36.4 Å². The summed E-state index contributed by atoms with van der Waals surface area (Å²) in [6.07, 6.45) is 3.82. The molecule has 2 aromatic heterocycles. The summed E-state index contributed by atoms with van der Waals surface area (Å²) in [6, 6.07) is 11.6. The summed E-state index contributed by atoms with van der Waals surface area (Å²) in [4.78, 5) is 21.5. The zero-order chi connectivity index (χ0) is 16.2. The van der Waals surface area contributed by atoms with Crippen LogP contribution in [-0.4, -0.2) is 22.5 Å². The van der Waals surface area contributed by atoms with Crippen LogP contribution in [-0.2, 0) is 4.74 Å². The van der Waals surface area contributed by atoms with Gasteiger partial charge in [0.2, 0.25) is 5.95 Å². The second-order valence-electron chi connectivity index (χ2n) is 4.76. The molecule has 0 saturated heterocycles. The van der Waals surface area contributed by atoms with Crippen molar-refractivity contribution in [2.75, 3.05) is 12.3 Å². The fourth-order valence-electron chi connectivity index (χ4n) is 2.13. The molecule has 0 spiro atoms. The number of hydrogen-bond acceptors (Lipinski definition) is 6. The molecule has 0 atom stereocenters. The first kappa shape index (κ1) is 15.2. The van der Waals surface area contributed by atoms with Gasteiger partial charge in [0, 0.05) is 5.39 Å². The van der Waals surface area contributed by atoms with Crippen LogP contribution in [0.2, 0.25) is 0 Å². The van der Waals surface area contributed by atoms with Gasteiger partial charge in [-0.15, -0.1) is 11.3 Å². The van der Waals surface area contributed by atoms with Crippen molar-refractivity contribution >= 4 is 45.6 Å². The van der Waals surface area contributed by atoms with Crippen LogP contribution in [0.25, 0.3) is 22.4 Å². The van der Waals surface area contributed by atoms with Crippen LogP contribution < -0.4 is 5.73 Å². The third-order valence-corrected chi connectivity index (χ3v) is 4.16. The van der Waals surface area contributed by atoms with E-state index in [9.17, 15) is 4.79 Å². The number of esters is 1. The number of ether oxygens (including phenoxy) is 1. The molecule has 116 valence electrons. The number of anilines is 1. The Morgan fingerprint density at radius 3 is 2.78 bits per heavy atom. The Kier molecular flexibility index (Phi) is 4.34. The fourth-order valence-corrected chi connectivity index (χ4v) is 3.07. The van der Waals surface area contributed by atoms with Crippen LogP contribution >= 0.6 is 11.3 Å². The van der Waals surface area contributed by atoms with E-state index < -0.39 is 0 Å². The van der Waals surface area contributed by atoms with Gasteiger partial charge in [-0.05, 0) is 24.6 Å². The minimum absolute atomic E-state index is 0.183. The van der Waals surface area contributed by atoms with Crippen LogP contribution in [0.3, 0.4) is 0 Å². The lowest BCUT2D eigenvalue weighted by Crippen LogP contribution is -2.01. The van der Waals surface area contributed by atoms with E-state index in [1.807, 2.05) is 42.5 Å². The summed E-state index contributed by atoms with van der Waals surface area (Å²) >= 11 is 1.26. The largest absolute Gasteiger partial charge is 0.462 e. The van der Waals surface area contributed by atoms with E-state index in [1.54, 1.807) is 13.0 Å². The molecule has 23 heavy (non-hydrogen) atoms. The Labute approximate surface area is 137 Å². The zero-order valence-corrected chi connectivity index (χ0v) is 13.3. The summed E-state index contributed by atoms with van der Waals surface area (Å²) in [5.74, 6) is -0.172. The molecule has 0 amide bonds. The van der Waals surface area contributed by atoms with Crippen molar-refractivity contribution in [2.24, 2.45) is 0 Å². The molecule has 6 heteroatoms. The van der Waals surface area contributed by atoms with Gasteiger partial charge in [0.1, 0.15) is 9.71 Å². The summed E-state index contributed by atoms with van der Waals surface area (Å²) in [5, 5.41) is 0.791. The van der Waals surface area contributed by atoms with Gasteiger partial charge in [-0.3, -0.25) is 0 Å². The second-order valence-corrected chi connectivity index (χ2v) is 5.79. The van der Waals surface area contributed by atoms with E-state index in [4.69, 9.17) is 10.5 Å². The molecular formula is C17H15N3O2S. The first-order valence-electron chi connectivity index (χ1n) is 7.14. The number of carbonyl (C=O) groups is 1. The number of thiophene rings is 1. The van der Waals surface area contributed by atoms with E-state index in [2.05, 4.69) is 9.97 Å². The van der Waals surface area contributed by atoms with Gasteiger partial charge in [0.15, 0.2) is 0 Å². The maximum Gasteiger partial charge on any atom is 0.348 e. The molecular weight excluding hydrogens is 310 g/mol. The summed E-state index contributed by atoms with van der Waals surface area (Å²) in [5.41, 5.74) is 7.51. The third-order valence-electron chi connectivity index (χ3n) is 3.15. The number of nitrogens with zero attached hydrogens (tertiary/aromatic N) is 2. The third kappa shape index (κ3) is 3.37. The summed E-state index contributed by atoms with van der Waals surface area (Å²) < 4.78 is 5.03. The van der Waals surface area contributed by atoms with E-state index >= 15 is 0 Å². The Balaban J connectivity index is 2.02. The summed E-state index contributed by atoms with van der Waals surface area (Å²) in [7, 11) is 0. The Morgan fingerprint density at radius 1 is 1.26 bits per heavy atom. The van der Waals surface area contributed by atoms with E-state index in [0.29, 0.717) is 22.0 Å². The van der Waals surface area contributed by atoms with Gasteiger partial charge in [0.25, 0.3) is 0 Å². The average molecular weight is 325 g/mol. The Hall–Kier alpha value is -2.73. The molecule has 0 aliphatic carbocycles. The lowest BCUT2D eigenvalue weighted by Gasteiger charge is -1.98. The number of nitrogen functional groups attached to an aromatic ring is 1. The highest BCUT2D eigenvalue weighted by Crippen LogP contribution is 2.28. The molecule has 5 nitrogen and oxygen atoms in total.